The maximum Gasteiger partial charge on any atom is 0.356 e. The second-order valence-electron chi connectivity index (χ2n) is 11.9. The first-order valence-electron chi connectivity index (χ1n) is 16.2. The van der Waals surface area contributed by atoms with Gasteiger partial charge in [0.15, 0.2) is 5.69 Å². The molecule has 3 N–H and O–H groups in total. The van der Waals surface area contributed by atoms with E-state index in [1.807, 2.05) is 33.7 Å². The molecule has 0 aliphatic carbocycles. The number of halogens is 2. The molecular formula is C37H36F2N6O5. The first kappa shape index (κ1) is 34.4. The van der Waals surface area contributed by atoms with E-state index in [-0.39, 0.29) is 17.3 Å². The van der Waals surface area contributed by atoms with Gasteiger partial charge in [0.1, 0.15) is 17.3 Å². The lowest BCUT2D eigenvalue weighted by Gasteiger charge is -2.11. The Kier molecular flexibility index (Phi) is 10.6. The molecule has 1 aliphatic heterocycles. The molecule has 0 atom stereocenters. The van der Waals surface area contributed by atoms with Crippen LogP contribution < -0.4 is 5.48 Å². The molecule has 258 valence electrons. The first-order valence-corrected chi connectivity index (χ1v) is 16.2. The monoisotopic (exact) mass is 682 g/mol. The molecule has 2 aromatic carbocycles. The van der Waals surface area contributed by atoms with Gasteiger partial charge in [0.2, 0.25) is 0 Å². The van der Waals surface area contributed by atoms with Crippen LogP contribution in [-0.4, -0.2) is 66.7 Å². The SMILES string of the molecule is COC(=O)c1ncc2c(ccn2Cc2ccc(F)cc2)c1CCCNO.O=C1c2ncc3c(ccn3Cc3ccc(F)cc3)c2CCCN1O. The predicted molar refractivity (Wildman–Crippen MR) is 181 cm³/mol. The highest BCUT2D eigenvalue weighted by atomic mass is 19.1. The summed E-state index contributed by atoms with van der Waals surface area (Å²) >= 11 is 0. The Bertz CT molecular complexity index is 2130. The number of hydrogen-bond donors (Lipinski definition) is 3. The zero-order chi connectivity index (χ0) is 35.2. The van der Waals surface area contributed by atoms with Gasteiger partial charge in [-0.2, -0.15) is 0 Å². The summed E-state index contributed by atoms with van der Waals surface area (Å²) in [6.07, 6.45) is 9.79. The third kappa shape index (κ3) is 7.39. The van der Waals surface area contributed by atoms with Crippen LogP contribution in [0, 0.1) is 11.6 Å². The van der Waals surface area contributed by atoms with Gasteiger partial charge < -0.3 is 19.1 Å². The molecule has 4 aromatic heterocycles. The maximum atomic E-state index is 13.1. The molecular weight excluding hydrogens is 646 g/mol. The Labute approximate surface area is 286 Å². The number of nitrogens with zero attached hydrogens (tertiary/aromatic N) is 5. The fourth-order valence-corrected chi connectivity index (χ4v) is 6.22. The van der Waals surface area contributed by atoms with E-state index in [1.165, 1.54) is 31.4 Å². The minimum atomic E-state index is -0.481. The van der Waals surface area contributed by atoms with Crippen LogP contribution in [0.1, 0.15) is 56.1 Å². The van der Waals surface area contributed by atoms with Crippen LogP contribution in [0.15, 0.2) is 85.5 Å². The number of nitrogens with one attached hydrogen (secondary N) is 1. The van der Waals surface area contributed by atoms with Crippen molar-refractivity contribution in [3.05, 3.63) is 131 Å². The van der Waals surface area contributed by atoms with E-state index in [0.717, 1.165) is 49.1 Å². The number of carbonyl (C=O) groups excluding carboxylic acids is 2. The van der Waals surface area contributed by atoms with Gasteiger partial charge in [-0.25, -0.2) is 34.1 Å². The van der Waals surface area contributed by atoms with Crippen LogP contribution in [0.3, 0.4) is 0 Å². The van der Waals surface area contributed by atoms with Crippen LogP contribution in [0.4, 0.5) is 8.78 Å². The van der Waals surface area contributed by atoms with Crippen molar-refractivity contribution in [1.29, 1.82) is 0 Å². The molecule has 0 unspecified atom stereocenters. The molecule has 6 aromatic rings. The third-order valence-electron chi connectivity index (χ3n) is 8.73. The number of aryl methyl sites for hydroxylation is 2. The summed E-state index contributed by atoms with van der Waals surface area (Å²) in [4.78, 5) is 32.8. The smallest absolute Gasteiger partial charge is 0.356 e. The Balaban J connectivity index is 0.000000173. The normalized spacial score (nSPS) is 12.8. The van der Waals surface area contributed by atoms with Crippen LogP contribution in [0.5, 0.6) is 0 Å². The Morgan fingerprint density at radius 3 is 2.06 bits per heavy atom. The summed E-state index contributed by atoms with van der Waals surface area (Å²) in [7, 11) is 1.33. The average Bonchev–Trinajstić information content (AvgIpc) is 3.70. The van der Waals surface area contributed by atoms with E-state index in [1.54, 1.807) is 36.7 Å². The number of hydroxylamine groups is 3. The highest BCUT2D eigenvalue weighted by Crippen LogP contribution is 2.27. The van der Waals surface area contributed by atoms with Gasteiger partial charge in [0.05, 0.1) is 30.5 Å². The van der Waals surface area contributed by atoms with Crippen molar-refractivity contribution in [3.8, 4) is 0 Å². The van der Waals surface area contributed by atoms with Crippen LogP contribution >= 0.6 is 0 Å². The Morgan fingerprint density at radius 1 is 0.880 bits per heavy atom. The molecule has 11 nitrogen and oxygen atoms in total. The van der Waals surface area contributed by atoms with E-state index >= 15 is 0 Å². The molecule has 0 radical (unpaired) electrons. The second-order valence-corrected chi connectivity index (χ2v) is 11.9. The highest BCUT2D eigenvalue weighted by Gasteiger charge is 2.25. The van der Waals surface area contributed by atoms with Crippen molar-refractivity contribution in [3.63, 3.8) is 0 Å². The molecule has 0 spiro atoms. The number of benzene rings is 2. The van der Waals surface area contributed by atoms with Crippen molar-refractivity contribution >= 4 is 33.7 Å². The van der Waals surface area contributed by atoms with Gasteiger partial charge >= 0.3 is 5.97 Å². The van der Waals surface area contributed by atoms with Crippen molar-refractivity contribution in [2.75, 3.05) is 20.2 Å². The predicted octanol–water partition coefficient (Wildman–Crippen LogP) is 5.92. The largest absolute Gasteiger partial charge is 0.464 e. The van der Waals surface area contributed by atoms with Gasteiger partial charge in [0, 0.05) is 49.3 Å². The van der Waals surface area contributed by atoms with Gasteiger partial charge in [-0.15, -0.1) is 0 Å². The summed E-state index contributed by atoms with van der Waals surface area (Å²) < 4.78 is 35.0. The Hall–Kier alpha value is -5.50. The van der Waals surface area contributed by atoms with Crippen LogP contribution in [-0.2, 0) is 30.7 Å². The number of hydrogen-bond acceptors (Lipinski definition) is 8. The highest BCUT2D eigenvalue weighted by molar-refractivity contribution is 5.99. The van der Waals surface area contributed by atoms with Gasteiger partial charge in [-0.1, -0.05) is 24.3 Å². The molecule has 0 saturated heterocycles. The van der Waals surface area contributed by atoms with E-state index in [2.05, 4.69) is 15.4 Å². The van der Waals surface area contributed by atoms with E-state index in [0.29, 0.717) is 57.6 Å². The Morgan fingerprint density at radius 2 is 1.46 bits per heavy atom. The van der Waals surface area contributed by atoms with E-state index in [4.69, 9.17) is 9.94 Å². The molecule has 1 aliphatic rings. The summed E-state index contributed by atoms with van der Waals surface area (Å²) in [5, 5.41) is 21.1. The quantitative estimate of drug-likeness (QED) is 0.0741. The molecule has 0 fully saturated rings. The molecule has 13 heteroatoms. The molecule has 0 saturated carbocycles. The summed E-state index contributed by atoms with van der Waals surface area (Å²) in [6.45, 7) is 1.89. The van der Waals surface area contributed by atoms with Crippen molar-refractivity contribution < 1.29 is 33.5 Å². The summed E-state index contributed by atoms with van der Waals surface area (Å²) in [5.41, 5.74) is 8.17. The molecule has 5 heterocycles. The summed E-state index contributed by atoms with van der Waals surface area (Å²) in [5.74, 6) is -1.45. The fraction of sp³-hybridized carbons (Fsp3) is 0.243. The third-order valence-corrected chi connectivity index (χ3v) is 8.73. The van der Waals surface area contributed by atoms with Gasteiger partial charge in [-0.3, -0.25) is 10.0 Å². The average molecular weight is 683 g/mol. The zero-order valence-corrected chi connectivity index (χ0v) is 27.4. The van der Waals surface area contributed by atoms with Crippen molar-refractivity contribution in [2.45, 2.75) is 38.8 Å². The van der Waals surface area contributed by atoms with E-state index < -0.39 is 11.9 Å². The number of esters is 1. The van der Waals surface area contributed by atoms with Crippen molar-refractivity contribution in [1.82, 2.24) is 29.6 Å². The minimum absolute atomic E-state index is 0.254. The lowest BCUT2D eigenvalue weighted by Crippen LogP contribution is -2.27. The molecule has 1 amide bonds. The van der Waals surface area contributed by atoms with Crippen LogP contribution in [0.2, 0.25) is 0 Å². The number of pyridine rings is 2. The topological polar surface area (TPSA) is 135 Å². The lowest BCUT2D eigenvalue weighted by atomic mass is 10.0. The number of methoxy groups -OCH3 is 1. The number of fused-ring (bicyclic) bond motifs is 4. The zero-order valence-electron chi connectivity index (χ0n) is 27.4. The number of aromatic nitrogens is 4. The number of carbonyl (C=O) groups is 2. The fourth-order valence-electron chi connectivity index (χ4n) is 6.22. The van der Waals surface area contributed by atoms with Gasteiger partial charge in [0.25, 0.3) is 5.91 Å². The molecule has 50 heavy (non-hydrogen) atoms. The number of amides is 1. The number of rotatable bonds is 9. The second kappa shape index (κ2) is 15.4. The maximum absolute atomic E-state index is 13.1. The van der Waals surface area contributed by atoms with Crippen LogP contribution in [0.25, 0.3) is 21.8 Å². The standard InChI is InChI=1S/C19H20FN3O3.C18H16FN3O2/c1-26-19(24)18-16(3-2-9-22-25)15-8-10-23(17(15)11-21-18)12-13-4-6-14(20)7-5-13;19-13-5-3-12(4-6-13)11-21-9-7-14-15-2-1-8-22(24)18(23)17(15)20-10-16(14)21/h4-8,10-11,22,25H,2-3,9,12H2,1H3;3-7,9-10,24H,1-2,8,11H2. The number of ether oxygens (including phenoxy) is 1. The first-order chi connectivity index (χ1) is 24.3. The van der Waals surface area contributed by atoms with Crippen molar-refractivity contribution in [2.24, 2.45) is 0 Å². The summed E-state index contributed by atoms with van der Waals surface area (Å²) in [6, 6.07) is 16.7. The minimum Gasteiger partial charge on any atom is -0.464 e. The molecule has 0 bridgehead atoms. The molecule has 7 rings (SSSR count). The van der Waals surface area contributed by atoms with Gasteiger partial charge in [-0.05, 0) is 84.3 Å². The lowest BCUT2D eigenvalue weighted by molar-refractivity contribution is -0.0575. The van der Waals surface area contributed by atoms with E-state index in [9.17, 15) is 23.6 Å².